The first-order chi connectivity index (χ1) is 9.56. The molecule has 1 fully saturated rings. The van der Waals surface area contributed by atoms with Gasteiger partial charge in [-0.1, -0.05) is 12.1 Å². The van der Waals surface area contributed by atoms with Crippen LogP contribution in [0.2, 0.25) is 0 Å². The molecule has 4 heteroatoms. The summed E-state index contributed by atoms with van der Waals surface area (Å²) in [4.78, 5) is 2.34. The molecule has 4 nitrogen and oxygen atoms in total. The molecule has 2 rings (SSSR count). The first-order valence-electron chi connectivity index (χ1n) is 7.29. The second-order valence-electron chi connectivity index (χ2n) is 5.90. The second-order valence-corrected chi connectivity index (χ2v) is 5.90. The Bertz CT molecular complexity index is 428. The van der Waals surface area contributed by atoms with Gasteiger partial charge in [0.2, 0.25) is 0 Å². The van der Waals surface area contributed by atoms with Crippen LogP contribution < -0.4 is 10.1 Å². The van der Waals surface area contributed by atoms with E-state index in [-0.39, 0.29) is 5.54 Å². The molecule has 1 aromatic rings. The molecule has 112 valence electrons. The molecule has 0 spiro atoms. The third kappa shape index (κ3) is 3.72. The zero-order chi connectivity index (χ0) is 14.6. The number of ether oxygens (including phenoxy) is 1. The monoisotopic (exact) mass is 278 g/mol. The number of benzene rings is 1. The van der Waals surface area contributed by atoms with E-state index in [4.69, 9.17) is 4.74 Å². The van der Waals surface area contributed by atoms with Crippen LogP contribution in [0.15, 0.2) is 24.3 Å². The van der Waals surface area contributed by atoms with Crippen molar-refractivity contribution in [2.45, 2.75) is 31.4 Å². The summed E-state index contributed by atoms with van der Waals surface area (Å²) in [7, 11) is 3.68. The summed E-state index contributed by atoms with van der Waals surface area (Å²) < 4.78 is 5.20. The Labute approximate surface area is 121 Å². The van der Waals surface area contributed by atoms with Crippen LogP contribution in [0.3, 0.4) is 0 Å². The molecule has 1 unspecified atom stereocenters. The SMILES string of the molecule is CNC1(C)CCN(CC(O)c2cccc(OC)c2)CC1. The van der Waals surface area contributed by atoms with Crippen LogP contribution in [0.4, 0.5) is 0 Å². The number of methoxy groups -OCH3 is 1. The van der Waals surface area contributed by atoms with Gasteiger partial charge in [0.1, 0.15) is 5.75 Å². The Morgan fingerprint density at radius 3 is 2.70 bits per heavy atom. The fourth-order valence-electron chi connectivity index (χ4n) is 2.68. The summed E-state index contributed by atoms with van der Waals surface area (Å²) >= 11 is 0. The number of nitrogens with zero attached hydrogens (tertiary/aromatic N) is 1. The van der Waals surface area contributed by atoms with Crippen LogP contribution in [0.25, 0.3) is 0 Å². The number of aliphatic hydroxyl groups is 1. The van der Waals surface area contributed by atoms with Gasteiger partial charge in [-0.3, -0.25) is 0 Å². The van der Waals surface area contributed by atoms with Crippen LogP contribution in [0, 0.1) is 0 Å². The topological polar surface area (TPSA) is 44.7 Å². The molecular formula is C16H26N2O2. The molecule has 0 bridgehead atoms. The lowest BCUT2D eigenvalue weighted by Gasteiger charge is -2.40. The molecule has 1 aliphatic heterocycles. The van der Waals surface area contributed by atoms with E-state index in [1.54, 1.807) is 7.11 Å². The van der Waals surface area contributed by atoms with Gasteiger partial charge in [0.05, 0.1) is 13.2 Å². The highest BCUT2D eigenvalue weighted by Crippen LogP contribution is 2.24. The van der Waals surface area contributed by atoms with E-state index in [9.17, 15) is 5.11 Å². The van der Waals surface area contributed by atoms with Crippen molar-refractivity contribution < 1.29 is 9.84 Å². The Morgan fingerprint density at radius 2 is 2.10 bits per heavy atom. The number of hydrogen-bond acceptors (Lipinski definition) is 4. The Kier molecular flexibility index (Phi) is 5.02. The number of likely N-dealkylation sites (tertiary alicyclic amines) is 1. The third-order valence-electron chi connectivity index (χ3n) is 4.47. The highest BCUT2D eigenvalue weighted by Gasteiger charge is 2.29. The molecule has 1 aliphatic rings. The maximum Gasteiger partial charge on any atom is 0.119 e. The normalized spacial score (nSPS) is 20.6. The van der Waals surface area contributed by atoms with Gasteiger partial charge in [-0.15, -0.1) is 0 Å². The van der Waals surface area contributed by atoms with Crippen molar-refractivity contribution in [1.82, 2.24) is 10.2 Å². The van der Waals surface area contributed by atoms with Crippen LogP contribution in [-0.2, 0) is 0 Å². The van der Waals surface area contributed by atoms with Gasteiger partial charge in [-0.05, 0) is 57.6 Å². The number of nitrogens with one attached hydrogen (secondary N) is 1. The van der Waals surface area contributed by atoms with E-state index in [1.165, 1.54) is 0 Å². The predicted octanol–water partition coefficient (Wildman–Crippen LogP) is 1.80. The number of rotatable bonds is 5. The van der Waals surface area contributed by atoms with Crippen molar-refractivity contribution in [3.8, 4) is 5.75 Å². The highest BCUT2D eigenvalue weighted by atomic mass is 16.5. The Balaban J connectivity index is 1.90. The van der Waals surface area contributed by atoms with E-state index in [0.717, 1.165) is 37.2 Å². The molecular weight excluding hydrogens is 252 g/mol. The van der Waals surface area contributed by atoms with Crippen LogP contribution in [0.1, 0.15) is 31.4 Å². The van der Waals surface area contributed by atoms with E-state index >= 15 is 0 Å². The average molecular weight is 278 g/mol. The molecule has 1 atom stereocenters. The minimum Gasteiger partial charge on any atom is -0.497 e. The Morgan fingerprint density at radius 1 is 1.40 bits per heavy atom. The predicted molar refractivity (Wildman–Crippen MR) is 81.1 cm³/mol. The third-order valence-corrected chi connectivity index (χ3v) is 4.47. The maximum atomic E-state index is 10.4. The standard InChI is InChI=1S/C16H26N2O2/c1-16(17-2)7-9-18(10-8-16)12-15(19)13-5-4-6-14(11-13)20-3/h4-6,11,15,17,19H,7-10,12H2,1-3H3. The number of β-amino-alcohol motifs (C(OH)–C–C–N with tert-alkyl or cyclic N) is 1. The zero-order valence-corrected chi connectivity index (χ0v) is 12.7. The van der Waals surface area contributed by atoms with Gasteiger partial charge in [-0.25, -0.2) is 0 Å². The van der Waals surface area contributed by atoms with Crippen molar-refractivity contribution >= 4 is 0 Å². The fourth-order valence-corrected chi connectivity index (χ4v) is 2.68. The highest BCUT2D eigenvalue weighted by molar-refractivity contribution is 5.29. The van der Waals surface area contributed by atoms with Gasteiger partial charge in [-0.2, -0.15) is 0 Å². The van der Waals surface area contributed by atoms with Crippen molar-refractivity contribution in [3.05, 3.63) is 29.8 Å². The summed E-state index contributed by atoms with van der Waals surface area (Å²) in [6.45, 7) is 5.01. The van der Waals surface area contributed by atoms with Crippen LogP contribution in [0.5, 0.6) is 5.75 Å². The number of hydrogen-bond donors (Lipinski definition) is 2. The van der Waals surface area contributed by atoms with Crippen LogP contribution in [-0.4, -0.2) is 49.3 Å². The molecule has 1 heterocycles. The molecule has 0 aliphatic carbocycles. The lowest BCUT2D eigenvalue weighted by atomic mass is 9.89. The van der Waals surface area contributed by atoms with Crippen molar-refractivity contribution in [2.24, 2.45) is 0 Å². The average Bonchev–Trinajstić information content (AvgIpc) is 2.50. The molecule has 1 aromatic carbocycles. The molecule has 1 saturated heterocycles. The van der Waals surface area contributed by atoms with Gasteiger partial charge in [0, 0.05) is 12.1 Å². The number of piperidine rings is 1. The molecule has 20 heavy (non-hydrogen) atoms. The summed E-state index contributed by atoms with van der Waals surface area (Å²) in [5.74, 6) is 0.794. The second kappa shape index (κ2) is 6.57. The molecule has 0 saturated carbocycles. The molecule has 0 radical (unpaired) electrons. The van der Waals surface area contributed by atoms with Gasteiger partial charge >= 0.3 is 0 Å². The van der Waals surface area contributed by atoms with E-state index < -0.39 is 6.10 Å². The largest absolute Gasteiger partial charge is 0.497 e. The summed E-state index contributed by atoms with van der Waals surface area (Å²) in [6.07, 6.45) is 1.78. The molecule has 2 N–H and O–H groups in total. The Hall–Kier alpha value is -1.10. The van der Waals surface area contributed by atoms with Gasteiger partial charge in [0.15, 0.2) is 0 Å². The minimum atomic E-state index is -0.455. The minimum absolute atomic E-state index is 0.247. The van der Waals surface area contributed by atoms with Crippen molar-refractivity contribution in [1.29, 1.82) is 0 Å². The van der Waals surface area contributed by atoms with Gasteiger partial charge < -0.3 is 20.1 Å². The zero-order valence-electron chi connectivity index (χ0n) is 12.7. The van der Waals surface area contributed by atoms with E-state index in [2.05, 4.69) is 17.1 Å². The number of aliphatic hydroxyl groups excluding tert-OH is 1. The first kappa shape index (κ1) is 15.3. The lowest BCUT2D eigenvalue weighted by Crippen LogP contribution is -2.50. The van der Waals surface area contributed by atoms with Crippen LogP contribution >= 0.6 is 0 Å². The summed E-state index contributed by atoms with van der Waals surface area (Å²) in [5, 5.41) is 13.8. The lowest BCUT2D eigenvalue weighted by molar-refractivity contribution is 0.0793. The van der Waals surface area contributed by atoms with E-state index in [0.29, 0.717) is 6.54 Å². The summed E-state index contributed by atoms with van der Waals surface area (Å²) in [6, 6.07) is 7.68. The maximum absolute atomic E-state index is 10.4. The smallest absolute Gasteiger partial charge is 0.119 e. The van der Waals surface area contributed by atoms with Gasteiger partial charge in [0.25, 0.3) is 0 Å². The molecule has 0 aromatic heterocycles. The van der Waals surface area contributed by atoms with Crippen molar-refractivity contribution in [2.75, 3.05) is 33.8 Å². The first-order valence-corrected chi connectivity index (χ1v) is 7.29. The summed E-state index contributed by atoms with van der Waals surface area (Å²) in [5.41, 5.74) is 1.17. The fraction of sp³-hybridized carbons (Fsp3) is 0.625. The molecule has 0 amide bonds. The van der Waals surface area contributed by atoms with E-state index in [1.807, 2.05) is 31.3 Å². The quantitative estimate of drug-likeness (QED) is 0.862. The van der Waals surface area contributed by atoms with Crippen molar-refractivity contribution in [3.63, 3.8) is 0 Å².